The van der Waals surface area contributed by atoms with Crippen molar-refractivity contribution < 1.29 is 27.4 Å². The normalized spacial score (nSPS) is 18.8. The average molecular weight is 327 g/mol. The fourth-order valence-electron chi connectivity index (χ4n) is 2.13. The third kappa shape index (κ3) is 3.33. The molecule has 0 bridgehead atoms. The fraction of sp³-hybridized carbons (Fsp3) is 0.357. The summed E-state index contributed by atoms with van der Waals surface area (Å²) in [6.07, 6.45) is 1.45. The molecule has 1 aromatic rings. The summed E-state index contributed by atoms with van der Waals surface area (Å²) in [5.41, 5.74) is 0.284. The topological polar surface area (TPSA) is 90.9 Å². The Morgan fingerprint density at radius 1 is 1.14 bits per heavy atom. The van der Waals surface area contributed by atoms with Crippen molar-refractivity contribution in [2.45, 2.75) is 6.04 Å². The molecule has 1 aromatic carbocycles. The molecule has 1 heterocycles. The Hall–Kier alpha value is -2.22. The van der Waals surface area contributed by atoms with E-state index < -0.39 is 21.8 Å². The number of nitrogens with one attached hydrogen (secondary N) is 1. The van der Waals surface area contributed by atoms with Gasteiger partial charge in [0.25, 0.3) is 5.91 Å². The quantitative estimate of drug-likeness (QED) is 0.858. The molecule has 0 unspecified atom stereocenters. The van der Waals surface area contributed by atoms with Crippen molar-refractivity contribution in [2.24, 2.45) is 0 Å². The van der Waals surface area contributed by atoms with E-state index in [0.717, 1.165) is 5.41 Å². The van der Waals surface area contributed by atoms with E-state index in [2.05, 4.69) is 5.32 Å². The van der Waals surface area contributed by atoms with Crippen LogP contribution in [0.1, 0.15) is 10.4 Å². The molecule has 0 radical (unpaired) electrons. The molecule has 2 rings (SSSR count). The summed E-state index contributed by atoms with van der Waals surface area (Å²) in [6.45, 7) is 0. The minimum atomic E-state index is -3.22. The monoisotopic (exact) mass is 327 g/mol. The highest BCUT2D eigenvalue weighted by Gasteiger charge is 2.24. The number of carbonyl (C=O) groups is 1. The molecule has 0 saturated heterocycles. The van der Waals surface area contributed by atoms with E-state index in [1.54, 1.807) is 0 Å². The number of sulfone groups is 1. The lowest BCUT2D eigenvalue weighted by atomic mass is 10.1. The summed E-state index contributed by atoms with van der Waals surface area (Å²) >= 11 is 0. The number of amides is 1. The lowest BCUT2D eigenvalue weighted by Gasteiger charge is -2.15. The van der Waals surface area contributed by atoms with Crippen LogP contribution in [-0.4, -0.2) is 47.4 Å². The number of carbonyl (C=O) groups excluding carboxylic acids is 1. The van der Waals surface area contributed by atoms with E-state index in [-0.39, 0.29) is 11.3 Å². The second kappa shape index (κ2) is 6.27. The van der Waals surface area contributed by atoms with Crippen LogP contribution >= 0.6 is 0 Å². The second-order valence-electron chi connectivity index (χ2n) is 4.65. The van der Waals surface area contributed by atoms with E-state index >= 15 is 0 Å². The molecule has 1 amide bonds. The van der Waals surface area contributed by atoms with E-state index in [1.165, 1.54) is 39.5 Å². The number of benzene rings is 1. The molecule has 120 valence electrons. The molecule has 8 heteroatoms. The smallest absolute Gasteiger partial charge is 0.252 e. The Kier molecular flexibility index (Phi) is 4.60. The first-order chi connectivity index (χ1) is 10.4. The zero-order valence-corrected chi connectivity index (χ0v) is 13.3. The number of hydrogen-bond donors (Lipinski definition) is 1. The van der Waals surface area contributed by atoms with E-state index in [4.69, 9.17) is 14.2 Å². The van der Waals surface area contributed by atoms with E-state index in [9.17, 15) is 13.2 Å². The number of rotatable bonds is 5. The van der Waals surface area contributed by atoms with Crippen LogP contribution in [-0.2, 0) is 9.84 Å². The van der Waals surface area contributed by atoms with Gasteiger partial charge in [0.1, 0.15) is 0 Å². The van der Waals surface area contributed by atoms with Crippen molar-refractivity contribution in [2.75, 3.05) is 27.1 Å². The minimum absolute atomic E-state index is 0.136. The van der Waals surface area contributed by atoms with Gasteiger partial charge in [-0.15, -0.1) is 0 Å². The number of ether oxygens (including phenoxy) is 3. The van der Waals surface area contributed by atoms with Gasteiger partial charge in [-0.1, -0.05) is 0 Å². The van der Waals surface area contributed by atoms with E-state index in [1.807, 2.05) is 0 Å². The molecule has 0 fully saturated rings. The van der Waals surface area contributed by atoms with Gasteiger partial charge in [-0.25, -0.2) is 8.42 Å². The van der Waals surface area contributed by atoms with Gasteiger partial charge in [-0.2, -0.15) is 0 Å². The summed E-state index contributed by atoms with van der Waals surface area (Å²) < 4.78 is 38.2. The predicted molar refractivity (Wildman–Crippen MR) is 80.3 cm³/mol. The van der Waals surface area contributed by atoms with Crippen molar-refractivity contribution in [3.63, 3.8) is 0 Å². The maximum Gasteiger partial charge on any atom is 0.252 e. The highest BCUT2D eigenvalue weighted by molar-refractivity contribution is 7.94. The lowest BCUT2D eigenvalue weighted by molar-refractivity contribution is 0.0947. The first-order valence-electron chi connectivity index (χ1n) is 6.42. The number of methoxy groups -OCH3 is 3. The van der Waals surface area contributed by atoms with Crippen LogP contribution < -0.4 is 19.5 Å². The van der Waals surface area contributed by atoms with Gasteiger partial charge in [-0.05, 0) is 18.2 Å². The predicted octanol–water partition coefficient (Wildman–Crippen LogP) is 0.753. The molecular weight excluding hydrogens is 310 g/mol. The zero-order valence-electron chi connectivity index (χ0n) is 12.5. The Labute approximate surface area is 128 Å². The van der Waals surface area contributed by atoms with E-state index in [0.29, 0.717) is 17.2 Å². The highest BCUT2D eigenvalue weighted by atomic mass is 32.2. The Bertz CT molecular complexity index is 685. The van der Waals surface area contributed by atoms with Crippen molar-refractivity contribution in [3.05, 3.63) is 29.2 Å². The van der Waals surface area contributed by atoms with Crippen LogP contribution in [0.25, 0.3) is 0 Å². The maximum atomic E-state index is 12.3. The van der Waals surface area contributed by atoms with Crippen LogP contribution in [0.15, 0.2) is 23.6 Å². The van der Waals surface area contributed by atoms with Gasteiger partial charge in [0, 0.05) is 11.0 Å². The molecule has 22 heavy (non-hydrogen) atoms. The Balaban J connectivity index is 2.25. The van der Waals surface area contributed by atoms with Crippen LogP contribution in [0.5, 0.6) is 17.2 Å². The van der Waals surface area contributed by atoms with Crippen molar-refractivity contribution in [1.82, 2.24) is 5.32 Å². The minimum Gasteiger partial charge on any atom is -0.493 e. The summed E-state index contributed by atoms with van der Waals surface area (Å²) in [4.78, 5) is 12.3. The summed E-state index contributed by atoms with van der Waals surface area (Å²) in [6, 6.07) is 2.46. The molecule has 0 aliphatic carbocycles. The maximum absolute atomic E-state index is 12.3. The third-order valence-corrected chi connectivity index (χ3v) is 4.57. The first-order valence-corrected chi connectivity index (χ1v) is 8.13. The van der Waals surface area contributed by atoms with Crippen molar-refractivity contribution in [3.8, 4) is 17.2 Å². The molecule has 1 aliphatic heterocycles. The molecular formula is C14H17NO6S. The fourth-order valence-corrected chi connectivity index (χ4v) is 3.36. The lowest BCUT2D eigenvalue weighted by Crippen LogP contribution is -2.35. The first kappa shape index (κ1) is 16.2. The average Bonchev–Trinajstić information content (AvgIpc) is 2.84. The van der Waals surface area contributed by atoms with Gasteiger partial charge >= 0.3 is 0 Å². The highest BCUT2D eigenvalue weighted by Crippen LogP contribution is 2.38. The van der Waals surface area contributed by atoms with Crippen LogP contribution in [0.4, 0.5) is 0 Å². The van der Waals surface area contributed by atoms with Gasteiger partial charge in [-0.3, -0.25) is 4.79 Å². The Morgan fingerprint density at radius 3 is 2.14 bits per heavy atom. The van der Waals surface area contributed by atoms with Gasteiger partial charge in [0.2, 0.25) is 5.75 Å². The summed E-state index contributed by atoms with van der Waals surface area (Å²) in [7, 11) is 1.14. The van der Waals surface area contributed by atoms with Crippen LogP contribution in [0.3, 0.4) is 0 Å². The van der Waals surface area contributed by atoms with Gasteiger partial charge in [0.15, 0.2) is 21.3 Å². The largest absolute Gasteiger partial charge is 0.493 e. The molecule has 7 nitrogen and oxygen atoms in total. The van der Waals surface area contributed by atoms with Gasteiger partial charge < -0.3 is 19.5 Å². The van der Waals surface area contributed by atoms with Crippen molar-refractivity contribution >= 4 is 15.7 Å². The molecule has 1 atom stereocenters. The second-order valence-corrected chi connectivity index (χ2v) is 6.58. The molecule has 0 spiro atoms. The molecule has 1 N–H and O–H groups in total. The zero-order chi connectivity index (χ0) is 16.3. The molecule has 1 aliphatic rings. The SMILES string of the molecule is COc1cc(C(=O)N[C@H]2C=CS(=O)(=O)C2)cc(OC)c1OC. The standard InChI is InChI=1S/C14H17NO6S/c1-19-11-6-9(7-12(20-2)13(11)21-3)14(16)15-10-4-5-22(17,18)8-10/h4-7,10H,8H2,1-3H3,(H,15,16)/t10-/m0/s1. The van der Waals surface area contributed by atoms with Crippen LogP contribution in [0, 0.1) is 0 Å². The summed E-state index contributed by atoms with van der Waals surface area (Å²) in [5.74, 6) is 0.516. The summed E-state index contributed by atoms with van der Waals surface area (Å²) in [5, 5.41) is 3.74. The molecule has 0 aromatic heterocycles. The third-order valence-electron chi connectivity index (χ3n) is 3.17. The van der Waals surface area contributed by atoms with Gasteiger partial charge in [0.05, 0.1) is 33.1 Å². The molecule has 0 saturated carbocycles. The number of hydrogen-bond acceptors (Lipinski definition) is 6. The van der Waals surface area contributed by atoms with Crippen molar-refractivity contribution in [1.29, 1.82) is 0 Å². The van der Waals surface area contributed by atoms with Crippen LogP contribution in [0.2, 0.25) is 0 Å². The Morgan fingerprint density at radius 2 is 1.73 bits per heavy atom.